The minimum Gasteiger partial charge on any atom is -0.494 e. The molecule has 6 heteroatoms. The molecule has 32 heavy (non-hydrogen) atoms. The summed E-state index contributed by atoms with van der Waals surface area (Å²) in [6.45, 7) is 2.85. The van der Waals surface area contributed by atoms with E-state index in [1.54, 1.807) is 17.4 Å². The lowest BCUT2D eigenvalue weighted by molar-refractivity contribution is 0.309. The van der Waals surface area contributed by atoms with Crippen LogP contribution in [-0.4, -0.2) is 15.4 Å². The Morgan fingerprint density at radius 3 is 2.28 bits per heavy atom. The zero-order valence-electron chi connectivity index (χ0n) is 17.5. The fourth-order valence-corrected chi connectivity index (χ4v) is 5.03. The predicted molar refractivity (Wildman–Crippen MR) is 132 cm³/mol. The number of aromatic nitrogens is 2. The lowest BCUT2D eigenvalue weighted by Crippen LogP contribution is -1.96. The molecule has 0 amide bonds. The van der Waals surface area contributed by atoms with Crippen LogP contribution in [0.3, 0.4) is 0 Å². The van der Waals surface area contributed by atoms with Gasteiger partial charge in [0.05, 0.1) is 18.3 Å². The number of rotatable bonds is 7. The molecular formula is C26H21FN2OS2. The van der Waals surface area contributed by atoms with Gasteiger partial charge in [0, 0.05) is 21.6 Å². The summed E-state index contributed by atoms with van der Waals surface area (Å²) in [7, 11) is 0. The summed E-state index contributed by atoms with van der Waals surface area (Å²) in [4.78, 5) is 1.13. The smallest absolute Gasteiger partial charge is 0.131 e. The molecule has 5 rings (SSSR count). The molecule has 0 unspecified atom stereocenters. The van der Waals surface area contributed by atoms with E-state index in [2.05, 4.69) is 21.7 Å². The topological polar surface area (TPSA) is 35.0 Å². The maximum atomic E-state index is 15.2. The van der Waals surface area contributed by atoms with Crippen LogP contribution in [0.2, 0.25) is 0 Å². The van der Waals surface area contributed by atoms with Crippen LogP contribution in [-0.2, 0) is 0 Å². The lowest BCUT2D eigenvalue weighted by Gasteiger charge is -2.10. The molecule has 3 aromatic carbocycles. The first-order valence-corrected chi connectivity index (χ1v) is 12.2. The Kier molecular flexibility index (Phi) is 5.97. The van der Waals surface area contributed by atoms with Crippen LogP contribution in [0.25, 0.3) is 43.7 Å². The number of hydrogen-bond acceptors (Lipinski definition) is 5. The third-order valence-corrected chi connectivity index (χ3v) is 6.85. The molecule has 0 radical (unpaired) electrons. The second kappa shape index (κ2) is 9.18. The molecule has 0 saturated carbocycles. The molecular weight excluding hydrogens is 439 g/mol. The van der Waals surface area contributed by atoms with Gasteiger partial charge in [0.2, 0.25) is 0 Å². The van der Waals surface area contributed by atoms with Gasteiger partial charge in [-0.2, -0.15) is 8.75 Å². The van der Waals surface area contributed by atoms with Gasteiger partial charge < -0.3 is 4.74 Å². The Balaban J connectivity index is 1.46. The molecule has 0 aliphatic carbocycles. The number of hydrogen-bond donors (Lipinski definition) is 0. The van der Waals surface area contributed by atoms with Crippen molar-refractivity contribution in [2.75, 3.05) is 6.61 Å². The van der Waals surface area contributed by atoms with E-state index in [0.29, 0.717) is 12.2 Å². The summed E-state index contributed by atoms with van der Waals surface area (Å²) >= 11 is 2.82. The number of ether oxygens (including phenoxy) is 1. The average molecular weight is 461 g/mol. The van der Waals surface area contributed by atoms with Gasteiger partial charge in [-0.1, -0.05) is 55.8 Å². The quantitative estimate of drug-likeness (QED) is 0.230. The van der Waals surface area contributed by atoms with Crippen LogP contribution < -0.4 is 4.74 Å². The predicted octanol–water partition coefficient (Wildman–Crippen LogP) is 8.07. The Hall–Kier alpha value is -3.09. The van der Waals surface area contributed by atoms with Gasteiger partial charge >= 0.3 is 0 Å². The summed E-state index contributed by atoms with van der Waals surface area (Å²) in [5, 5.41) is 2.04. The molecule has 0 aliphatic heterocycles. The highest BCUT2D eigenvalue weighted by Gasteiger charge is 2.16. The molecule has 2 aromatic heterocycles. The molecule has 3 nitrogen and oxygen atoms in total. The van der Waals surface area contributed by atoms with E-state index in [-0.39, 0.29) is 5.82 Å². The number of fused-ring (bicyclic) bond motifs is 1. The summed E-state index contributed by atoms with van der Waals surface area (Å²) in [6, 6.07) is 21.2. The molecule has 2 heterocycles. The van der Waals surface area contributed by atoms with E-state index in [4.69, 9.17) is 4.74 Å². The van der Waals surface area contributed by atoms with Gasteiger partial charge in [0.25, 0.3) is 0 Å². The first kappa shape index (κ1) is 20.8. The Bertz CT molecular complexity index is 1340. The molecule has 0 saturated heterocycles. The SMILES string of the molecule is CCCCOc1ccc(-c2ccc(-c3ccc(-c4cccs4)c4nsnc34)c(F)c2)cc1. The largest absolute Gasteiger partial charge is 0.494 e. The van der Waals surface area contributed by atoms with Crippen molar-refractivity contribution in [3.63, 3.8) is 0 Å². The fraction of sp³-hybridized carbons (Fsp3) is 0.154. The molecule has 0 atom stereocenters. The van der Waals surface area contributed by atoms with Gasteiger partial charge in [-0.3, -0.25) is 0 Å². The second-order valence-corrected chi connectivity index (χ2v) is 9.00. The summed E-state index contributed by atoms with van der Waals surface area (Å²) in [5.74, 6) is 0.562. The van der Waals surface area contributed by atoms with E-state index in [0.717, 1.165) is 68.5 Å². The van der Waals surface area contributed by atoms with Gasteiger partial charge in [-0.15, -0.1) is 11.3 Å². The van der Waals surface area contributed by atoms with Crippen LogP contribution in [0.4, 0.5) is 4.39 Å². The van der Waals surface area contributed by atoms with Gasteiger partial charge in [-0.25, -0.2) is 4.39 Å². The van der Waals surface area contributed by atoms with Crippen molar-refractivity contribution >= 4 is 34.1 Å². The first-order valence-electron chi connectivity index (χ1n) is 10.6. The fourth-order valence-electron chi connectivity index (χ4n) is 3.71. The average Bonchev–Trinajstić information content (AvgIpc) is 3.52. The molecule has 0 spiro atoms. The Morgan fingerprint density at radius 2 is 1.56 bits per heavy atom. The molecule has 0 bridgehead atoms. The minimum atomic E-state index is -0.274. The van der Waals surface area contributed by atoms with Crippen LogP contribution in [0, 0.1) is 5.82 Å². The zero-order valence-corrected chi connectivity index (χ0v) is 19.2. The maximum Gasteiger partial charge on any atom is 0.131 e. The number of unbranched alkanes of at least 4 members (excludes halogenated alkanes) is 1. The number of benzene rings is 3. The van der Waals surface area contributed by atoms with E-state index in [1.165, 1.54) is 0 Å². The van der Waals surface area contributed by atoms with E-state index in [9.17, 15) is 0 Å². The van der Waals surface area contributed by atoms with Crippen molar-refractivity contribution in [2.24, 2.45) is 0 Å². The number of halogens is 1. The standard InChI is InChI=1S/C26H21FN2OS2/c1-2-3-14-30-19-9-6-17(7-10-19)18-8-11-20(23(27)16-18)21-12-13-22(24-5-4-15-31-24)26-25(21)28-32-29-26/h4-13,15-16H,2-3,14H2,1H3. The minimum absolute atomic E-state index is 0.274. The summed E-state index contributed by atoms with van der Waals surface area (Å²) in [5.41, 5.74) is 5.66. The van der Waals surface area contributed by atoms with Crippen LogP contribution in [0.5, 0.6) is 5.75 Å². The maximum absolute atomic E-state index is 15.2. The van der Waals surface area contributed by atoms with Crippen LogP contribution in [0.1, 0.15) is 19.8 Å². The molecule has 0 aliphatic rings. The van der Waals surface area contributed by atoms with E-state index >= 15 is 4.39 Å². The van der Waals surface area contributed by atoms with Crippen molar-refractivity contribution in [2.45, 2.75) is 19.8 Å². The van der Waals surface area contributed by atoms with Crippen molar-refractivity contribution in [1.82, 2.24) is 8.75 Å². The van der Waals surface area contributed by atoms with Crippen molar-refractivity contribution in [3.8, 4) is 38.4 Å². The summed E-state index contributed by atoms with van der Waals surface area (Å²) in [6.07, 6.45) is 2.13. The van der Waals surface area contributed by atoms with Crippen molar-refractivity contribution in [1.29, 1.82) is 0 Å². The van der Waals surface area contributed by atoms with E-state index in [1.807, 2.05) is 60.0 Å². The van der Waals surface area contributed by atoms with Gasteiger partial charge in [0.15, 0.2) is 0 Å². The summed E-state index contributed by atoms with van der Waals surface area (Å²) < 4.78 is 29.9. The molecule has 160 valence electrons. The highest BCUT2D eigenvalue weighted by Crippen LogP contribution is 2.38. The third-order valence-electron chi connectivity index (χ3n) is 5.42. The van der Waals surface area contributed by atoms with Crippen molar-refractivity contribution in [3.05, 3.63) is 77.9 Å². The third kappa shape index (κ3) is 4.04. The highest BCUT2D eigenvalue weighted by molar-refractivity contribution is 7.13. The molecule has 0 N–H and O–H groups in total. The number of thiophene rings is 1. The Labute approximate surface area is 194 Å². The zero-order chi connectivity index (χ0) is 21.9. The number of nitrogens with zero attached hydrogens (tertiary/aromatic N) is 2. The monoisotopic (exact) mass is 460 g/mol. The molecule has 5 aromatic rings. The second-order valence-electron chi connectivity index (χ2n) is 7.52. The van der Waals surface area contributed by atoms with Crippen molar-refractivity contribution < 1.29 is 9.13 Å². The van der Waals surface area contributed by atoms with Crippen LogP contribution >= 0.6 is 23.1 Å². The highest BCUT2D eigenvalue weighted by atomic mass is 32.1. The normalized spacial score (nSPS) is 11.2. The van der Waals surface area contributed by atoms with E-state index < -0.39 is 0 Å². The molecule has 0 fully saturated rings. The van der Waals surface area contributed by atoms with Crippen LogP contribution in [0.15, 0.2) is 72.1 Å². The lowest BCUT2D eigenvalue weighted by atomic mass is 9.97. The van der Waals surface area contributed by atoms with Gasteiger partial charge in [0.1, 0.15) is 22.6 Å². The van der Waals surface area contributed by atoms with Gasteiger partial charge in [-0.05, 0) is 47.2 Å². The Morgan fingerprint density at radius 1 is 0.844 bits per heavy atom. The first-order chi connectivity index (χ1) is 15.7.